The fourth-order valence-electron chi connectivity index (χ4n) is 2.98. The largest absolute Gasteiger partial charge is 0.497 e. The SMILES string of the molecule is COc1ccc(CN(C(=O)COC(=O)c2ccc3nncn3c2)C2CC2)cc1. The van der Waals surface area contributed by atoms with Crippen molar-refractivity contribution in [2.75, 3.05) is 13.7 Å². The molecule has 0 N–H and O–H groups in total. The number of methoxy groups -OCH3 is 1. The van der Waals surface area contributed by atoms with Crippen LogP contribution in [0.2, 0.25) is 0 Å². The van der Waals surface area contributed by atoms with Gasteiger partial charge in [-0.15, -0.1) is 10.2 Å². The van der Waals surface area contributed by atoms with Crippen molar-refractivity contribution in [2.45, 2.75) is 25.4 Å². The van der Waals surface area contributed by atoms with Crippen LogP contribution in [-0.4, -0.2) is 51.1 Å². The highest BCUT2D eigenvalue weighted by atomic mass is 16.5. The number of esters is 1. The monoisotopic (exact) mass is 380 g/mol. The second-order valence-corrected chi connectivity index (χ2v) is 6.69. The molecule has 0 atom stereocenters. The lowest BCUT2D eigenvalue weighted by Crippen LogP contribution is -2.36. The van der Waals surface area contributed by atoms with Gasteiger partial charge in [0.05, 0.1) is 12.7 Å². The molecule has 0 spiro atoms. The van der Waals surface area contributed by atoms with Gasteiger partial charge >= 0.3 is 5.97 Å². The van der Waals surface area contributed by atoms with Gasteiger partial charge in [0.15, 0.2) is 12.3 Å². The van der Waals surface area contributed by atoms with Crippen LogP contribution in [0.5, 0.6) is 5.75 Å². The van der Waals surface area contributed by atoms with E-state index in [1.807, 2.05) is 24.3 Å². The van der Waals surface area contributed by atoms with E-state index < -0.39 is 5.97 Å². The van der Waals surface area contributed by atoms with Crippen LogP contribution in [0.3, 0.4) is 0 Å². The molecule has 1 saturated carbocycles. The van der Waals surface area contributed by atoms with E-state index in [0.29, 0.717) is 17.8 Å². The first-order chi connectivity index (χ1) is 13.6. The topological polar surface area (TPSA) is 86.0 Å². The molecule has 2 aromatic heterocycles. The van der Waals surface area contributed by atoms with E-state index in [4.69, 9.17) is 9.47 Å². The zero-order valence-electron chi connectivity index (χ0n) is 15.4. The van der Waals surface area contributed by atoms with Crippen LogP contribution < -0.4 is 4.74 Å². The predicted octanol–water partition coefficient (Wildman–Crippen LogP) is 2.09. The Hall–Kier alpha value is -3.42. The second-order valence-electron chi connectivity index (χ2n) is 6.69. The Balaban J connectivity index is 1.38. The van der Waals surface area contributed by atoms with Crippen molar-refractivity contribution in [1.29, 1.82) is 0 Å². The lowest BCUT2D eigenvalue weighted by atomic mass is 10.2. The Bertz CT molecular complexity index is 995. The number of carbonyl (C=O) groups excluding carboxylic acids is 2. The molecule has 0 saturated heterocycles. The van der Waals surface area contributed by atoms with Crippen LogP contribution in [0, 0.1) is 0 Å². The molecule has 3 aromatic rings. The third kappa shape index (κ3) is 3.95. The first-order valence-electron chi connectivity index (χ1n) is 9.03. The van der Waals surface area contributed by atoms with Crippen molar-refractivity contribution in [3.63, 3.8) is 0 Å². The number of hydrogen-bond donors (Lipinski definition) is 0. The third-order valence-corrected chi connectivity index (χ3v) is 4.67. The number of ether oxygens (including phenoxy) is 2. The van der Waals surface area contributed by atoms with Crippen molar-refractivity contribution in [1.82, 2.24) is 19.5 Å². The number of aromatic nitrogens is 3. The Kier molecular flexibility index (Phi) is 4.92. The minimum absolute atomic E-state index is 0.197. The van der Waals surface area contributed by atoms with E-state index in [2.05, 4.69) is 10.2 Å². The number of rotatable bonds is 7. The van der Waals surface area contributed by atoms with Crippen LogP contribution in [-0.2, 0) is 16.1 Å². The van der Waals surface area contributed by atoms with Crippen molar-refractivity contribution < 1.29 is 19.1 Å². The molecule has 8 heteroatoms. The zero-order valence-corrected chi connectivity index (χ0v) is 15.4. The molecule has 1 aliphatic rings. The summed E-state index contributed by atoms with van der Waals surface area (Å²) in [5.41, 5.74) is 1.98. The molecular formula is C20H20N4O4. The van der Waals surface area contributed by atoms with Crippen LogP contribution in [0.4, 0.5) is 0 Å². The normalized spacial score (nSPS) is 13.3. The fraction of sp³-hybridized carbons (Fsp3) is 0.300. The van der Waals surface area contributed by atoms with Crippen LogP contribution in [0.15, 0.2) is 48.9 Å². The van der Waals surface area contributed by atoms with Crippen molar-refractivity contribution in [2.24, 2.45) is 0 Å². The van der Waals surface area contributed by atoms with E-state index in [-0.39, 0.29) is 18.6 Å². The third-order valence-electron chi connectivity index (χ3n) is 4.67. The van der Waals surface area contributed by atoms with Gasteiger partial charge in [-0.3, -0.25) is 9.20 Å². The molecule has 4 rings (SSSR count). The molecule has 0 unspecified atom stereocenters. The molecule has 0 bridgehead atoms. The van der Waals surface area contributed by atoms with E-state index in [0.717, 1.165) is 24.2 Å². The van der Waals surface area contributed by atoms with E-state index in [1.165, 1.54) is 6.33 Å². The summed E-state index contributed by atoms with van der Waals surface area (Å²) in [5, 5.41) is 7.65. The molecule has 1 aromatic carbocycles. The van der Waals surface area contributed by atoms with Crippen LogP contribution >= 0.6 is 0 Å². The Morgan fingerprint density at radius 3 is 2.68 bits per heavy atom. The highest BCUT2D eigenvalue weighted by Gasteiger charge is 2.33. The summed E-state index contributed by atoms with van der Waals surface area (Å²) in [6.45, 7) is 0.198. The van der Waals surface area contributed by atoms with Gasteiger partial charge in [-0.2, -0.15) is 0 Å². The average molecular weight is 380 g/mol. The molecular weight excluding hydrogens is 360 g/mol. The van der Waals surface area contributed by atoms with Crippen LogP contribution in [0.1, 0.15) is 28.8 Å². The number of fused-ring (bicyclic) bond motifs is 1. The molecule has 0 radical (unpaired) electrons. The summed E-state index contributed by atoms with van der Waals surface area (Å²) in [4.78, 5) is 26.7. The van der Waals surface area contributed by atoms with Gasteiger partial charge in [0, 0.05) is 18.8 Å². The minimum Gasteiger partial charge on any atom is -0.497 e. The van der Waals surface area contributed by atoms with E-state index >= 15 is 0 Å². The summed E-state index contributed by atoms with van der Waals surface area (Å²) in [5.74, 6) is 0.0215. The van der Waals surface area contributed by atoms with Gasteiger partial charge in [0.2, 0.25) is 0 Å². The van der Waals surface area contributed by atoms with Gasteiger partial charge in [-0.25, -0.2) is 4.79 Å². The minimum atomic E-state index is -0.552. The van der Waals surface area contributed by atoms with Crippen molar-refractivity contribution >= 4 is 17.5 Å². The summed E-state index contributed by atoms with van der Waals surface area (Å²) >= 11 is 0. The number of hydrogen-bond acceptors (Lipinski definition) is 6. The Morgan fingerprint density at radius 2 is 1.96 bits per heavy atom. The molecule has 1 amide bonds. The van der Waals surface area contributed by atoms with Gasteiger partial charge < -0.3 is 14.4 Å². The predicted molar refractivity (Wildman–Crippen MR) is 99.8 cm³/mol. The standard InChI is InChI=1S/C20H20N4O4/c1-27-17-7-2-14(3-8-17)10-24(16-5-6-16)19(25)12-28-20(26)15-4-9-18-22-21-13-23(18)11-15/h2-4,7-9,11,13,16H,5-6,10,12H2,1H3. The number of amides is 1. The number of carbonyl (C=O) groups is 2. The van der Waals surface area contributed by atoms with Gasteiger partial charge in [0.1, 0.15) is 12.1 Å². The summed E-state index contributed by atoms with van der Waals surface area (Å²) < 4.78 is 12.0. The highest BCUT2D eigenvalue weighted by Crippen LogP contribution is 2.29. The molecule has 2 heterocycles. The summed E-state index contributed by atoms with van der Waals surface area (Å²) in [6.07, 6.45) is 5.03. The van der Waals surface area contributed by atoms with E-state index in [9.17, 15) is 9.59 Å². The average Bonchev–Trinajstić information content (AvgIpc) is 3.46. The van der Waals surface area contributed by atoms with Crippen LogP contribution in [0.25, 0.3) is 5.65 Å². The van der Waals surface area contributed by atoms with Gasteiger partial charge in [-0.1, -0.05) is 12.1 Å². The molecule has 1 fully saturated rings. The maximum absolute atomic E-state index is 12.7. The number of nitrogens with zero attached hydrogens (tertiary/aromatic N) is 4. The molecule has 144 valence electrons. The molecule has 28 heavy (non-hydrogen) atoms. The number of benzene rings is 1. The maximum atomic E-state index is 12.7. The Morgan fingerprint density at radius 1 is 1.18 bits per heavy atom. The number of pyridine rings is 1. The quantitative estimate of drug-likeness (QED) is 0.584. The van der Waals surface area contributed by atoms with Crippen molar-refractivity contribution in [3.05, 3.63) is 60.0 Å². The zero-order chi connectivity index (χ0) is 19.5. The summed E-state index contributed by atoms with van der Waals surface area (Å²) in [7, 11) is 1.62. The van der Waals surface area contributed by atoms with Gasteiger partial charge in [-0.05, 0) is 42.7 Å². The molecule has 8 nitrogen and oxygen atoms in total. The maximum Gasteiger partial charge on any atom is 0.340 e. The molecule has 0 aliphatic heterocycles. The fourth-order valence-corrected chi connectivity index (χ4v) is 2.98. The lowest BCUT2D eigenvalue weighted by Gasteiger charge is -2.22. The van der Waals surface area contributed by atoms with Crippen molar-refractivity contribution in [3.8, 4) is 5.75 Å². The smallest absolute Gasteiger partial charge is 0.340 e. The second kappa shape index (κ2) is 7.67. The van der Waals surface area contributed by atoms with E-state index in [1.54, 1.807) is 34.7 Å². The lowest BCUT2D eigenvalue weighted by molar-refractivity contribution is -0.135. The van der Waals surface area contributed by atoms with Gasteiger partial charge in [0.25, 0.3) is 5.91 Å². The summed E-state index contributed by atoms with van der Waals surface area (Å²) in [6, 6.07) is 11.1. The Labute approximate surface area is 161 Å². The first kappa shape index (κ1) is 18.0. The first-order valence-corrected chi connectivity index (χ1v) is 9.03. The molecule has 1 aliphatic carbocycles. The highest BCUT2D eigenvalue weighted by molar-refractivity contribution is 5.91.